The summed E-state index contributed by atoms with van der Waals surface area (Å²) in [7, 11) is 2.06. The number of rotatable bonds is 3. The molecular weight excluding hydrogens is 238 g/mol. The highest BCUT2D eigenvalue weighted by atomic mass is 16.1. The second-order valence-electron chi connectivity index (χ2n) is 6.17. The second-order valence-corrected chi connectivity index (χ2v) is 6.17. The van der Waals surface area contributed by atoms with Crippen LogP contribution in [0, 0.1) is 5.92 Å². The van der Waals surface area contributed by atoms with Crippen LogP contribution < -0.4 is 10.5 Å². The smallest absolute Gasteiger partial charge is 0.252 e. The molecule has 0 aromatic carbocycles. The summed E-state index contributed by atoms with van der Waals surface area (Å²) in [6, 6.07) is 2.13. The third-order valence-electron chi connectivity index (χ3n) is 4.19. The Kier molecular flexibility index (Phi) is 4.27. The number of hydrogen-bond donors (Lipinski definition) is 1. The zero-order valence-corrected chi connectivity index (χ0v) is 12.4. The first-order valence-electron chi connectivity index (χ1n) is 7.31. The van der Waals surface area contributed by atoms with Gasteiger partial charge in [-0.1, -0.05) is 20.8 Å². The van der Waals surface area contributed by atoms with E-state index in [1.54, 1.807) is 6.07 Å². The van der Waals surface area contributed by atoms with Gasteiger partial charge in [-0.2, -0.15) is 0 Å². The van der Waals surface area contributed by atoms with E-state index in [1.807, 2.05) is 13.8 Å². The Morgan fingerprint density at radius 1 is 1.32 bits per heavy atom. The average Bonchev–Trinajstić information content (AvgIpc) is 2.38. The molecule has 4 heteroatoms. The van der Waals surface area contributed by atoms with Gasteiger partial charge in [-0.15, -0.1) is 0 Å². The summed E-state index contributed by atoms with van der Waals surface area (Å²) in [5, 5.41) is 0. The molecule has 1 N–H and O–H groups in total. The Bertz CT molecular complexity index is 473. The molecule has 0 amide bonds. The van der Waals surface area contributed by atoms with Crippen LogP contribution in [-0.4, -0.2) is 23.1 Å². The Labute approximate surface area is 115 Å². The quantitative estimate of drug-likeness (QED) is 0.912. The minimum Gasteiger partial charge on any atom is -0.356 e. The van der Waals surface area contributed by atoms with Crippen molar-refractivity contribution in [2.75, 3.05) is 11.9 Å². The van der Waals surface area contributed by atoms with Crippen molar-refractivity contribution < 1.29 is 0 Å². The lowest BCUT2D eigenvalue weighted by Gasteiger charge is -2.34. The molecule has 0 aliphatic heterocycles. The lowest BCUT2D eigenvalue weighted by atomic mass is 9.87. The van der Waals surface area contributed by atoms with Gasteiger partial charge in [0, 0.05) is 25.1 Å². The monoisotopic (exact) mass is 263 g/mol. The van der Waals surface area contributed by atoms with Crippen LogP contribution in [0.3, 0.4) is 0 Å². The lowest BCUT2D eigenvalue weighted by Crippen LogP contribution is -2.36. The van der Waals surface area contributed by atoms with Crippen LogP contribution >= 0.6 is 0 Å². The third-order valence-corrected chi connectivity index (χ3v) is 4.19. The molecule has 4 nitrogen and oxygen atoms in total. The number of hydrogen-bond acceptors (Lipinski definition) is 3. The topological polar surface area (TPSA) is 49.0 Å². The van der Waals surface area contributed by atoms with Gasteiger partial charge in [0.1, 0.15) is 11.6 Å². The second kappa shape index (κ2) is 5.76. The molecule has 1 aromatic rings. The van der Waals surface area contributed by atoms with E-state index in [9.17, 15) is 4.79 Å². The van der Waals surface area contributed by atoms with E-state index in [2.05, 4.69) is 28.8 Å². The zero-order valence-electron chi connectivity index (χ0n) is 12.4. The molecule has 19 heavy (non-hydrogen) atoms. The first kappa shape index (κ1) is 14.1. The summed E-state index contributed by atoms with van der Waals surface area (Å²) < 4.78 is 0. The fourth-order valence-corrected chi connectivity index (χ4v) is 2.73. The summed E-state index contributed by atoms with van der Waals surface area (Å²) in [6.45, 7) is 6.41. The molecule has 1 fully saturated rings. The van der Waals surface area contributed by atoms with Crippen molar-refractivity contribution in [2.45, 2.75) is 58.4 Å². The predicted molar refractivity (Wildman–Crippen MR) is 78.8 cm³/mol. The summed E-state index contributed by atoms with van der Waals surface area (Å²) in [4.78, 5) is 21.3. The Balaban J connectivity index is 2.19. The molecule has 0 saturated heterocycles. The van der Waals surface area contributed by atoms with E-state index in [-0.39, 0.29) is 11.5 Å². The Morgan fingerprint density at radius 2 is 1.95 bits per heavy atom. The van der Waals surface area contributed by atoms with Gasteiger partial charge in [0.25, 0.3) is 5.56 Å². The predicted octanol–water partition coefficient (Wildman–Crippen LogP) is 2.91. The molecule has 2 rings (SSSR count). The summed E-state index contributed by atoms with van der Waals surface area (Å²) >= 11 is 0. The van der Waals surface area contributed by atoms with Crippen molar-refractivity contribution in [1.29, 1.82) is 0 Å². The molecule has 0 unspecified atom stereocenters. The van der Waals surface area contributed by atoms with Crippen molar-refractivity contribution in [1.82, 2.24) is 9.97 Å². The maximum Gasteiger partial charge on any atom is 0.252 e. The molecule has 1 heterocycles. The molecule has 1 aliphatic carbocycles. The Hall–Kier alpha value is -1.32. The molecular formula is C15H25N3O. The van der Waals surface area contributed by atoms with E-state index in [1.165, 1.54) is 25.7 Å². The normalized spacial score (nSPS) is 23.6. The molecule has 0 spiro atoms. The van der Waals surface area contributed by atoms with Crippen molar-refractivity contribution in [2.24, 2.45) is 5.92 Å². The molecule has 1 aliphatic rings. The van der Waals surface area contributed by atoms with Crippen LogP contribution in [0.5, 0.6) is 0 Å². The fourth-order valence-electron chi connectivity index (χ4n) is 2.73. The van der Waals surface area contributed by atoms with E-state index in [0.717, 1.165) is 17.6 Å². The molecule has 0 radical (unpaired) electrons. The van der Waals surface area contributed by atoms with Gasteiger partial charge in [0.2, 0.25) is 0 Å². The van der Waals surface area contributed by atoms with E-state index in [0.29, 0.717) is 6.04 Å². The van der Waals surface area contributed by atoms with E-state index in [4.69, 9.17) is 0 Å². The van der Waals surface area contributed by atoms with Gasteiger partial charge in [0.05, 0.1) is 0 Å². The van der Waals surface area contributed by atoms with Crippen molar-refractivity contribution >= 4 is 5.82 Å². The maximum absolute atomic E-state index is 11.7. The minimum atomic E-state index is -0.0512. The summed E-state index contributed by atoms with van der Waals surface area (Å²) in [5.41, 5.74) is -0.0512. The van der Waals surface area contributed by atoms with Crippen LogP contribution in [0.1, 0.15) is 58.2 Å². The van der Waals surface area contributed by atoms with Crippen LogP contribution in [-0.2, 0) is 0 Å². The van der Waals surface area contributed by atoms with Gasteiger partial charge in [0.15, 0.2) is 0 Å². The lowest BCUT2D eigenvalue weighted by molar-refractivity contribution is 0.339. The summed E-state index contributed by atoms with van der Waals surface area (Å²) in [5.74, 6) is 2.67. The van der Waals surface area contributed by atoms with Crippen LogP contribution in [0.4, 0.5) is 5.82 Å². The molecule has 1 aromatic heterocycles. The van der Waals surface area contributed by atoms with E-state index >= 15 is 0 Å². The molecule has 106 valence electrons. The van der Waals surface area contributed by atoms with Crippen molar-refractivity contribution in [3.8, 4) is 0 Å². The maximum atomic E-state index is 11.7. The van der Waals surface area contributed by atoms with Crippen molar-refractivity contribution in [3.05, 3.63) is 22.2 Å². The highest BCUT2D eigenvalue weighted by Gasteiger charge is 2.23. The average molecular weight is 263 g/mol. The van der Waals surface area contributed by atoms with Crippen molar-refractivity contribution in [3.63, 3.8) is 0 Å². The van der Waals surface area contributed by atoms with Gasteiger partial charge in [-0.25, -0.2) is 4.98 Å². The number of anilines is 1. The van der Waals surface area contributed by atoms with Gasteiger partial charge < -0.3 is 9.88 Å². The number of nitrogens with one attached hydrogen (secondary N) is 1. The van der Waals surface area contributed by atoms with Crippen LogP contribution in [0.25, 0.3) is 0 Å². The first-order valence-corrected chi connectivity index (χ1v) is 7.31. The summed E-state index contributed by atoms with van der Waals surface area (Å²) in [6.07, 6.45) is 4.94. The molecule has 0 atom stereocenters. The molecule has 1 saturated carbocycles. The van der Waals surface area contributed by atoms with Crippen LogP contribution in [0.2, 0.25) is 0 Å². The van der Waals surface area contributed by atoms with E-state index < -0.39 is 0 Å². The van der Waals surface area contributed by atoms with Gasteiger partial charge in [-0.3, -0.25) is 4.79 Å². The largest absolute Gasteiger partial charge is 0.356 e. The minimum absolute atomic E-state index is 0.0512. The number of nitrogens with zero attached hydrogens (tertiary/aromatic N) is 2. The number of aromatic amines is 1. The van der Waals surface area contributed by atoms with Gasteiger partial charge >= 0.3 is 0 Å². The van der Waals surface area contributed by atoms with Crippen LogP contribution in [0.15, 0.2) is 10.9 Å². The fraction of sp³-hybridized carbons (Fsp3) is 0.733. The standard InChI is InChI=1S/C15H25N3O/c1-10(2)15-16-13(9-14(19)17-15)18(4)12-7-5-11(3)6-8-12/h9-12H,5-8H2,1-4H3,(H,16,17,19). The molecule has 0 bridgehead atoms. The first-order chi connectivity index (χ1) is 8.97. The zero-order chi connectivity index (χ0) is 14.0. The SMILES string of the molecule is CC1CCC(N(C)c2cc(=O)[nH]c(C(C)C)n2)CC1. The highest BCUT2D eigenvalue weighted by molar-refractivity contribution is 5.38. The Morgan fingerprint density at radius 3 is 2.53 bits per heavy atom. The highest BCUT2D eigenvalue weighted by Crippen LogP contribution is 2.28. The van der Waals surface area contributed by atoms with Gasteiger partial charge in [-0.05, 0) is 31.6 Å². The number of H-pyrrole nitrogens is 1. The number of aromatic nitrogens is 2. The third kappa shape index (κ3) is 3.37.